The molecule has 0 saturated carbocycles. The molecule has 0 unspecified atom stereocenters. The number of fused-ring (bicyclic) bond motifs is 1. The van der Waals surface area contributed by atoms with E-state index in [0.717, 1.165) is 4.47 Å². The van der Waals surface area contributed by atoms with Crippen molar-refractivity contribution < 1.29 is 5.11 Å². The largest absolute Gasteiger partial charge is 0.389 e. The molecule has 1 heterocycles. The summed E-state index contributed by atoms with van der Waals surface area (Å²) < 4.78 is 2.26. The lowest BCUT2D eigenvalue weighted by Crippen LogP contribution is -2.32. The molecule has 17 heavy (non-hydrogen) atoms. The van der Waals surface area contributed by atoms with Gasteiger partial charge in [-0.05, 0) is 32.0 Å². The molecule has 0 fully saturated rings. The predicted molar refractivity (Wildman–Crippen MR) is 70.0 cm³/mol. The summed E-state index contributed by atoms with van der Waals surface area (Å²) in [6, 6.07) is 5.37. The summed E-state index contributed by atoms with van der Waals surface area (Å²) in [7, 11) is 0. The molecule has 2 aromatic rings. The quantitative estimate of drug-likeness (QED) is 0.921. The smallest absolute Gasteiger partial charge is 0.261 e. The fourth-order valence-electron chi connectivity index (χ4n) is 1.66. The molecule has 0 bridgehead atoms. The van der Waals surface area contributed by atoms with Crippen molar-refractivity contribution in [3.63, 3.8) is 0 Å². The molecule has 0 amide bonds. The first-order chi connectivity index (χ1) is 7.87. The van der Waals surface area contributed by atoms with Gasteiger partial charge in [0.25, 0.3) is 5.56 Å². The van der Waals surface area contributed by atoms with Crippen LogP contribution in [0.1, 0.15) is 13.8 Å². The van der Waals surface area contributed by atoms with Crippen LogP contribution in [0.25, 0.3) is 10.9 Å². The van der Waals surface area contributed by atoms with Gasteiger partial charge in [0.15, 0.2) is 0 Å². The Kier molecular flexibility index (Phi) is 3.05. The maximum Gasteiger partial charge on any atom is 0.261 e. The van der Waals surface area contributed by atoms with Crippen molar-refractivity contribution in [2.75, 3.05) is 0 Å². The van der Waals surface area contributed by atoms with Crippen LogP contribution in [0.15, 0.2) is 33.8 Å². The van der Waals surface area contributed by atoms with Gasteiger partial charge in [-0.3, -0.25) is 9.36 Å². The lowest BCUT2D eigenvalue weighted by molar-refractivity contribution is 0.0603. The van der Waals surface area contributed by atoms with Crippen LogP contribution >= 0.6 is 15.9 Å². The first kappa shape index (κ1) is 12.3. The highest BCUT2D eigenvalue weighted by atomic mass is 79.9. The number of hydrogen-bond acceptors (Lipinski definition) is 3. The Morgan fingerprint density at radius 1 is 1.47 bits per heavy atom. The molecule has 0 atom stereocenters. The number of hydrogen-bond donors (Lipinski definition) is 1. The van der Waals surface area contributed by atoms with Gasteiger partial charge < -0.3 is 5.11 Å². The van der Waals surface area contributed by atoms with E-state index in [9.17, 15) is 9.90 Å². The third-order valence-electron chi connectivity index (χ3n) is 2.34. The summed E-state index contributed by atoms with van der Waals surface area (Å²) in [6.45, 7) is 3.54. The third-order valence-corrected chi connectivity index (χ3v) is 2.84. The average molecular weight is 297 g/mol. The second kappa shape index (κ2) is 4.23. The maximum atomic E-state index is 12.1. The molecule has 0 aliphatic rings. The molecule has 0 saturated heterocycles. The van der Waals surface area contributed by atoms with Crippen LogP contribution < -0.4 is 5.56 Å². The number of benzene rings is 1. The summed E-state index contributed by atoms with van der Waals surface area (Å²) in [4.78, 5) is 16.3. The standard InChI is InChI=1S/C12H13BrN2O2/c1-12(2,17)6-15-7-14-10-4-3-8(13)5-9(10)11(15)16/h3-5,7,17H,6H2,1-2H3. The average Bonchev–Trinajstić information content (AvgIpc) is 2.21. The van der Waals surface area contributed by atoms with E-state index < -0.39 is 5.60 Å². The second-order valence-corrected chi connectivity index (χ2v) is 5.57. The number of halogens is 1. The van der Waals surface area contributed by atoms with E-state index in [-0.39, 0.29) is 12.1 Å². The zero-order valence-electron chi connectivity index (χ0n) is 9.64. The van der Waals surface area contributed by atoms with Crippen molar-refractivity contribution in [3.8, 4) is 0 Å². The summed E-state index contributed by atoms with van der Waals surface area (Å²) in [5.74, 6) is 0. The summed E-state index contributed by atoms with van der Waals surface area (Å²) >= 11 is 3.33. The normalized spacial score (nSPS) is 12.0. The molecular weight excluding hydrogens is 284 g/mol. The Morgan fingerprint density at radius 3 is 2.82 bits per heavy atom. The molecule has 5 heteroatoms. The van der Waals surface area contributed by atoms with E-state index in [1.165, 1.54) is 10.9 Å². The highest BCUT2D eigenvalue weighted by Gasteiger charge is 2.15. The number of rotatable bonds is 2. The molecule has 0 spiro atoms. The minimum absolute atomic E-state index is 0.140. The zero-order valence-corrected chi connectivity index (χ0v) is 11.2. The van der Waals surface area contributed by atoms with E-state index >= 15 is 0 Å². The number of nitrogens with zero attached hydrogens (tertiary/aromatic N) is 2. The minimum Gasteiger partial charge on any atom is -0.389 e. The Bertz CT molecular complexity index is 614. The van der Waals surface area contributed by atoms with Gasteiger partial charge in [0.05, 0.1) is 29.4 Å². The lowest BCUT2D eigenvalue weighted by atomic mass is 10.1. The molecule has 1 aromatic carbocycles. The molecule has 0 aliphatic carbocycles. The number of aliphatic hydroxyl groups is 1. The van der Waals surface area contributed by atoms with E-state index in [1.54, 1.807) is 26.0 Å². The van der Waals surface area contributed by atoms with Gasteiger partial charge in [-0.1, -0.05) is 15.9 Å². The highest BCUT2D eigenvalue weighted by molar-refractivity contribution is 9.10. The van der Waals surface area contributed by atoms with E-state index in [2.05, 4.69) is 20.9 Å². The Labute approximate surface area is 107 Å². The van der Waals surface area contributed by atoms with Crippen LogP contribution in [0, 0.1) is 0 Å². The first-order valence-corrected chi connectivity index (χ1v) is 6.03. The Balaban J connectivity index is 2.61. The minimum atomic E-state index is -0.939. The molecular formula is C12H13BrN2O2. The fourth-order valence-corrected chi connectivity index (χ4v) is 2.02. The maximum absolute atomic E-state index is 12.1. The van der Waals surface area contributed by atoms with Crippen LogP contribution in [-0.2, 0) is 6.54 Å². The summed E-state index contributed by atoms with van der Waals surface area (Å²) in [6.07, 6.45) is 1.47. The monoisotopic (exact) mass is 296 g/mol. The SMILES string of the molecule is CC(C)(O)Cn1cnc2ccc(Br)cc2c1=O. The van der Waals surface area contributed by atoms with Crippen LogP contribution in [0.3, 0.4) is 0 Å². The molecule has 1 aromatic heterocycles. The van der Waals surface area contributed by atoms with Gasteiger partial charge in [0.1, 0.15) is 0 Å². The predicted octanol–water partition coefficient (Wildman–Crippen LogP) is 1.93. The van der Waals surface area contributed by atoms with Crippen LogP contribution in [0.2, 0.25) is 0 Å². The van der Waals surface area contributed by atoms with Crippen LogP contribution in [-0.4, -0.2) is 20.3 Å². The van der Waals surface area contributed by atoms with Crippen LogP contribution in [0.5, 0.6) is 0 Å². The van der Waals surface area contributed by atoms with Crippen molar-refractivity contribution in [2.45, 2.75) is 26.0 Å². The van der Waals surface area contributed by atoms with Crippen LogP contribution in [0.4, 0.5) is 0 Å². The van der Waals surface area contributed by atoms with Gasteiger partial charge in [-0.15, -0.1) is 0 Å². The first-order valence-electron chi connectivity index (χ1n) is 5.24. The van der Waals surface area contributed by atoms with E-state index in [4.69, 9.17) is 0 Å². The van der Waals surface area contributed by atoms with Gasteiger partial charge in [-0.2, -0.15) is 0 Å². The molecule has 0 radical (unpaired) electrons. The van der Waals surface area contributed by atoms with Gasteiger partial charge in [-0.25, -0.2) is 4.98 Å². The fraction of sp³-hybridized carbons (Fsp3) is 0.333. The molecule has 1 N–H and O–H groups in total. The van der Waals surface area contributed by atoms with Gasteiger partial charge in [0.2, 0.25) is 0 Å². The Morgan fingerprint density at radius 2 is 2.18 bits per heavy atom. The highest BCUT2D eigenvalue weighted by Crippen LogP contribution is 2.15. The lowest BCUT2D eigenvalue weighted by Gasteiger charge is -2.18. The number of aromatic nitrogens is 2. The molecule has 2 rings (SSSR count). The molecule has 4 nitrogen and oxygen atoms in total. The van der Waals surface area contributed by atoms with E-state index in [1.807, 2.05) is 6.07 Å². The van der Waals surface area contributed by atoms with E-state index in [0.29, 0.717) is 10.9 Å². The van der Waals surface area contributed by atoms with Gasteiger partial charge in [0, 0.05) is 4.47 Å². The second-order valence-electron chi connectivity index (χ2n) is 4.65. The molecule has 90 valence electrons. The van der Waals surface area contributed by atoms with Crippen molar-refractivity contribution in [2.24, 2.45) is 0 Å². The summed E-state index contributed by atoms with van der Waals surface area (Å²) in [5, 5.41) is 10.3. The van der Waals surface area contributed by atoms with Crippen molar-refractivity contribution in [3.05, 3.63) is 39.4 Å². The van der Waals surface area contributed by atoms with Crippen molar-refractivity contribution >= 4 is 26.8 Å². The zero-order chi connectivity index (χ0) is 12.6. The van der Waals surface area contributed by atoms with Gasteiger partial charge >= 0.3 is 0 Å². The molecule has 0 aliphatic heterocycles. The topological polar surface area (TPSA) is 55.1 Å². The Hall–Kier alpha value is -1.20. The van der Waals surface area contributed by atoms with Crippen molar-refractivity contribution in [1.82, 2.24) is 9.55 Å². The summed E-state index contributed by atoms with van der Waals surface area (Å²) in [5.41, 5.74) is -0.422. The third kappa shape index (κ3) is 2.73. The van der Waals surface area contributed by atoms with Crippen molar-refractivity contribution in [1.29, 1.82) is 0 Å².